The molecule has 94 valence electrons. The van der Waals surface area contributed by atoms with E-state index in [1.165, 1.54) is 6.08 Å². The van der Waals surface area contributed by atoms with E-state index < -0.39 is 13.7 Å². The lowest BCUT2D eigenvalue weighted by atomic mass is 10.2. The Kier molecular flexibility index (Phi) is 7.51. The average Bonchev–Trinajstić information content (AvgIpc) is 2.17. The first-order chi connectivity index (χ1) is 7.47. The second-order valence-corrected chi connectivity index (χ2v) is 5.20. The van der Waals surface area contributed by atoms with Gasteiger partial charge in [-0.3, -0.25) is 9.36 Å². The Balaban J connectivity index is 4.34. The van der Waals surface area contributed by atoms with E-state index in [2.05, 4.69) is 6.58 Å². The number of aliphatic hydroxyl groups excluding tert-OH is 1. The molecule has 0 aromatic carbocycles. The van der Waals surface area contributed by atoms with Crippen molar-refractivity contribution in [2.75, 3.05) is 19.4 Å². The van der Waals surface area contributed by atoms with Gasteiger partial charge in [0.15, 0.2) is 0 Å². The zero-order chi connectivity index (χ0) is 12.6. The van der Waals surface area contributed by atoms with Crippen LogP contribution in [0.15, 0.2) is 12.7 Å². The monoisotopic (exact) mass is 250 g/mol. The molecule has 0 saturated carbocycles. The van der Waals surface area contributed by atoms with Crippen molar-refractivity contribution in [2.45, 2.75) is 26.4 Å². The van der Waals surface area contributed by atoms with Crippen LogP contribution in [0.5, 0.6) is 0 Å². The number of carbonyl (C=O) groups is 1. The van der Waals surface area contributed by atoms with Gasteiger partial charge in [-0.25, -0.2) is 0 Å². The number of Topliss-reactive ketones (excluding diaryl/α,β-unsaturated/α-hetero) is 1. The van der Waals surface area contributed by atoms with Crippen LogP contribution in [-0.4, -0.2) is 36.4 Å². The molecule has 16 heavy (non-hydrogen) atoms. The standard InChI is InChI=1S/C10H19O5P/c1-4-9(11)7-10(12)8-16(13,14-5-2)15-6-3/h4,9,11H,1,5-8H2,2-3H3. The van der Waals surface area contributed by atoms with Crippen LogP contribution < -0.4 is 0 Å². The van der Waals surface area contributed by atoms with Crippen molar-refractivity contribution in [1.29, 1.82) is 0 Å². The summed E-state index contributed by atoms with van der Waals surface area (Å²) in [4.78, 5) is 11.4. The smallest absolute Gasteiger partial charge is 0.338 e. The summed E-state index contributed by atoms with van der Waals surface area (Å²) in [6, 6.07) is 0. The second kappa shape index (κ2) is 7.74. The first-order valence-corrected chi connectivity index (χ1v) is 6.90. The zero-order valence-corrected chi connectivity index (χ0v) is 10.6. The van der Waals surface area contributed by atoms with Gasteiger partial charge in [-0.1, -0.05) is 6.08 Å². The highest BCUT2D eigenvalue weighted by Crippen LogP contribution is 2.47. The van der Waals surface area contributed by atoms with Gasteiger partial charge < -0.3 is 14.2 Å². The number of carbonyl (C=O) groups excluding carboxylic acids is 1. The molecule has 0 aromatic rings. The number of aliphatic hydroxyl groups is 1. The van der Waals surface area contributed by atoms with Gasteiger partial charge in [0.05, 0.1) is 19.3 Å². The number of ketones is 1. The van der Waals surface area contributed by atoms with Gasteiger partial charge in [0.1, 0.15) is 11.9 Å². The molecule has 0 aliphatic carbocycles. The minimum absolute atomic E-state index is 0.117. The molecule has 0 spiro atoms. The number of hydrogen-bond acceptors (Lipinski definition) is 5. The van der Waals surface area contributed by atoms with Gasteiger partial charge in [0, 0.05) is 6.42 Å². The van der Waals surface area contributed by atoms with Gasteiger partial charge in [-0.2, -0.15) is 0 Å². The van der Waals surface area contributed by atoms with Crippen LogP contribution >= 0.6 is 7.60 Å². The molecule has 0 heterocycles. The van der Waals surface area contributed by atoms with E-state index in [1.54, 1.807) is 13.8 Å². The van der Waals surface area contributed by atoms with Gasteiger partial charge >= 0.3 is 7.60 Å². The summed E-state index contributed by atoms with van der Waals surface area (Å²) in [5.74, 6) is -0.363. The normalized spacial score (nSPS) is 13.4. The highest BCUT2D eigenvalue weighted by atomic mass is 31.2. The summed E-state index contributed by atoms with van der Waals surface area (Å²) in [6.45, 7) is 7.13. The van der Waals surface area contributed by atoms with Gasteiger partial charge in [-0.15, -0.1) is 6.58 Å². The van der Waals surface area contributed by atoms with Gasteiger partial charge in [0.2, 0.25) is 0 Å². The Morgan fingerprint density at radius 2 is 1.94 bits per heavy atom. The maximum absolute atomic E-state index is 11.9. The maximum atomic E-state index is 11.9. The topological polar surface area (TPSA) is 72.8 Å². The molecule has 0 amide bonds. The summed E-state index contributed by atoms with van der Waals surface area (Å²) in [6.07, 6.45) is -0.0820. The van der Waals surface area contributed by atoms with E-state index in [1.807, 2.05) is 0 Å². The van der Waals surface area contributed by atoms with E-state index >= 15 is 0 Å². The summed E-state index contributed by atoms with van der Waals surface area (Å²) >= 11 is 0. The van der Waals surface area contributed by atoms with Gasteiger partial charge in [0.25, 0.3) is 0 Å². The predicted octanol–water partition coefficient (Wildman–Crippen LogP) is 1.76. The molecule has 0 aliphatic heterocycles. The van der Waals surface area contributed by atoms with Crippen molar-refractivity contribution < 1.29 is 23.5 Å². The predicted molar refractivity (Wildman–Crippen MR) is 61.6 cm³/mol. The highest BCUT2D eigenvalue weighted by Gasteiger charge is 2.27. The SMILES string of the molecule is C=CC(O)CC(=O)CP(=O)(OCC)OCC. The number of rotatable bonds is 9. The highest BCUT2D eigenvalue weighted by molar-refractivity contribution is 7.54. The molecule has 0 aromatic heterocycles. The van der Waals surface area contributed by atoms with Crippen LogP contribution in [0.1, 0.15) is 20.3 Å². The average molecular weight is 250 g/mol. The van der Waals surface area contributed by atoms with E-state index in [9.17, 15) is 14.5 Å². The Bertz CT molecular complexity index is 266. The summed E-state index contributed by atoms with van der Waals surface area (Å²) in [5, 5.41) is 9.17. The molecular formula is C10H19O5P. The lowest BCUT2D eigenvalue weighted by Crippen LogP contribution is -2.15. The first kappa shape index (κ1) is 15.5. The summed E-state index contributed by atoms with van der Waals surface area (Å²) in [7, 11) is -3.34. The molecule has 0 bridgehead atoms. The van der Waals surface area contributed by atoms with Crippen molar-refractivity contribution in [3.8, 4) is 0 Å². The van der Waals surface area contributed by atoms with Crippen molar-refractivity contribution in [3.05, 3.63) is 12.7 Å². The molecular weight excluding hydrogens is 231 g/mol. The lowest BCUT2D eigenvalue weighted by Gasteiger charge is -2.16. The van der Waals surface area contributed by atoms with Crippen LogP contribution in [0.2, 0.25) is 0 Å². The minimum Gasteiger partial charge on any atom is -0.389 e. The molecule has 6 heteroatoms. The fourth-order valence-electron chi connectivity index (χ4n) is 1.12. The molecule has 0 radical (unpaired) electrons. The fourth-order valence-corrected chi connectivity index (χ4v) is 2.72. The van der Waals surface area contributed by atoms with Crippen molar-refractivity contribution in [1.82, 2.24) is 0 Å². The Labute approximate surface area is 96.0 Å². The van der Waals surface area contributed by atoms with E-state index in [0.29, 0.717) is 0 Å². The van der Waals surface area contributed by atoms with Crippen molar-refractivity contribution in [2.24, 2.45) is 0 Å². The molecule has 1 atom stereocenters. The van der Waals surface area contributed by atoms with E-state index in [-0.39, 0.29) is 31.6 Å². The maximum Gasteiger partial charge on any atom is 0.338 e. The molecule has 0 aliphatic rings. The van der Waals surface area contributed by atoms with Crippen LogP contribution in [0.25, 0.3) is 0 Å². The third kappa shape index (κ3) is 6.18. The third-order valence-electron chi connectivity index (χ3n) is 1.73. The zero-order valence-electron chi connectivity index (χ0n) is 9.72. The fraction of sp³-hybridized carbons (Fsp3) is 0.700. The van der Waals surface area contributed by atoms with Crippen LogP contribution in [0, 0.1) is 0 Å². The molecule has 0 saturated heterocycles. The number of hydrogen-bond donors (Lipinski definition) is 1. The van der Waals surface area contributed by atoms with Crippen LogP contribution in [0.3, 0.4) is 0 Å². The second-order valence-electron chi connectivity index (χ2n) is 3.15. The Morgan fingerprint density at radius 1 is 1.44 bits per heavy atom. The quantitative estimate of drug-likeness (QED) is 0.498. The van der Waals surface area contributed by atoms with E-state index in [4.69, 9.17) is 9.05 Å². The van der Waals surface area contributed by atoms with Gasteiger partial charge in [-0.05, 0) is 13.8 Å². The molecule has 0 rings (SSSR count). The lowest BCUT2D eigenvalue weighted by molar-refractivity contribution is -0.118. The molecule has 1 unspecified atom stereocenters. The third-order valence-corrected chi connectivity index (χ3v) is 3.77. The summed E-state index contributed by atoms with van der Waals surface area (Å²) in [5.41, 5.74) is 0. The molecule has 1 N–H and O–H groups in total. The van der Waals surface area contributed by atoms with Crippen LogP contribution in [-0.2, 0) is 18.4 Å². The Morgan fingerprint density at radius 3 is 2.31 bits per heavy atom. The molecule has 5 nitrogen and oxygen atoms in total. The largest absolute Gasteiger partial charge is 0.389 e. The summed E-state index contributed by atoms with van der Waals surface area (Å²) < 4.78 is 21.8. The first-order valence-electron chi connectivity index (χ1n) is 5.17. The van der Waals surface area contributed by atoms with Crippen LogP contribution in [0.4, 0.5) is 0 Å². The van der Waals surface area contributed by atoms with E-state index in [0.717, 1.165) is 0 Å². The Hall–Kier alpha value is -0.480. The van der Waals surface area contributed by atoms with Crippen molar-refractivity contribution in [3.63, 3.8) is 0 Å². The van der Waals surface area contributed by atoms with Crippen molar-refractivity contribution >= 4 is 13.4 Å². The minimum atomic E-state index is -3.34. The molecule has 0 fully saturated rings.